The van der Waals surface area contributed by atoms with Gasteiger partial charge in [-0.2, -0.15) is 5.10 Å². The van der Waals surface area contributed by atoms with E-state index in [1.807, 2.05) is 12.1 Å². The molecule has 2 aromatic rings. The first kappa shape index (κ1) is 16.6. The molecule has 0 unspecified atom stereocenters. The largest absolute Gasteiger partial charge is 0.464 e. The van der Waals surface area contributed by atoms with Crippen molar-refractivity contribution >= 4 is 5.97 Å². The first-order chi connectivity index (χ1) is 11.7. The summed E-state index contributed by atoms with van der Waals surface area (Å²) in [6.07, 6.45) is 4.88. The monoisotopic (exact) mass is 331 g/mol. The van der Waals surface area contributed by atoms with Gasteiger partial charge < -0.3 is 4.74 Å². The third-order valence-corrected chi connectivity index (χ3v) is 4.65. The van der Waals surface area contributed by atoms with Crippen LogP contribution in [0.3, 0.4) is 0 Å². The summed E-state index contributed by atoms with van der Waals surface area (Å²) >= 11 is 0. The summed E-state index contributed by atoms with van der Waals surface area (Å²) in [4.78, 5) is 14.0. The van der Waals surface area contributed by atoms with Crippen LogP contribution in [0.2, 0.25) is 0 Å². The van der Waals surface area contributed by atoms with Gasteiger partial charge in [0.1, 0.15) is 11.5 Å². The van der Waals surface area contributed by atoms with Crippen LogP contribution in [-0.2, 0) is 17.7 Å². The van der Waals surface area contributed by atoms with Crippen molar-refractivity contribution in [2.24, 2.45) is 5.92 Å². The number of ether oxygens (including phenoxy) is 1. The van der Waals surface area contributed by atoms with Gasteiger partial charge in [-0.3, -0.25) is 10.00 Å². The maximum Gasteiger partial charge on any atom is 0.356 e. The van der Waals surface area contributed by atoms with Crippen LogP contribution in [0.25, 0.3) is 0 Å². The molecular weight excluding hydrogens is 309 g/mol. The van der Waals surface area contributed by atoms with Gasteiger partial charge in [-0.05, 0) is 56.0 Å². The van der Waals surface area contributed by atoms with Gasteiger partial charge in [0, 0.05) is 12.1 Å². The van der Waals surface area contributed by atoms with E-state index in [1.165, 1.54) is 24.8 Å². The van der Waals surface area contributed by atoms with Crippen LogP contribution in [0.4, 0.5) is 4.39 Å². The third-order valence-electron chi connectivity index (χ3n) is 4.65. The van der Waals surface area contributed by atoms with Crippen molar-refractivity contribution in [2.45, 2.75) is 25.8 Å². The topological polar surface area (TPSA) is 58.2 Å². The molecule has 128 valence electrons. The summed E-state index contributed by atoms with van der Waals surface area (Å²) in [7, 11) is 1.37. The number of halogens is 1. The summed E-state index contributed by atoms with van der Waals surface area (Å²) in [6, 6.07) is 6.79. The second kappa shape index (κ2) is 7.57. The molecule has 0 bridgehead atoms. The minimum atomic E-state index is -0.381. The highest BCUT2D eigenvalue weighted by Crippen LogP contribution is 2.23. The molecule has 0 saturated carbocycles. The van der Waals surface area contributed by atoms with Crippen LogP contribution < -0.4 is 0 Å². The fourth-order valence-electron chi connectivity index (χ4n) is 3.25. The minimum absolute atomic E-state index is 0.185. The van der Waals surface area contributed by atoms with Crippen LogP contribution in [0, 0.1) is 11.7 Å². The molecule has 1 fully saturated rings. The zero-order chi connectivity index (χ0) is 16.9. The molecule has 1 aromatic carbocycles. The van der Waals surface area contributed by atoms with Gasteiger partial charge in [0.25, 0.3) is 0 Å². The number of benzene rings is 1. The second-order valence-corrected chi connectivity index (χ2v) is 6.31. The number of nitrogens with zero attached hydrogens (tertiary/aromatic N) is 2. The van der Waals surface area contributed by atoms with Gasteiger partial charge in [-0.1, -0.05) is 12.1 Å². The molecule has 0 spiro atoms. The summed E-state index contributed by atoms with van der Waals surface area (Å²) in [5.41, 5.74) is 2.50. The number of carbonyl (C=O) groups excluding carboxylic acids is 1. The Labute approximate surface area is 140 Å². The van der Waals surface area contributed by atoms with Crippen LogP contribution in [0.1, 0.15) is 34.5 Å². The molecule has 1 aliphatic heterocycles. The lowest BCUT2D eigenvalue weighted by atomic mass is 9.90. The first-order valence-electron chi connectivity index (χ1n) is 8.23. The summed E-state index contributed by atoms with van der Waals surface area (Å²) < 4.78 is 17.7. The van der Waals surface area contributed by atoms with E-state index in [2.05, 4.69) is 15.1 Å². The van der Waals surface area contributed by atoms with Gasteiger partial charge in [-0.15, -0.1) is 0 Å². The average molecular weight is 331 g/mol. The van der Waals surface area contributed by atoms with E-state index in [1.54, 1.807) is 6.20 Å². The highest BCUT2D eigenvalue weighted by atomic mass is 19.1. The molecule has 6 heteroatoms. The third kappa shape index (κ3) is 4.00. The Hall–Kier alpha value is -2.21. The van der Waals surface area contributed by atoms with E-state index < -0.39 is 0 Å². The first-order valence-corrected chi connectivity index (χ1v) is 8.23. The number of nitrogens with one attached hydrogen (secondary N) is 1. The maximum absolute atomic E-state index is 13.0. The highest BCUT2D eigenvalue weighted by molar-refractivity contribution is 5.88. The number of carbonyl (C=O) groups is 1. The number of hydrogen-bond acceptors (Lipinski definition) is 4. The van der Waals surface area contributed by atoms with Crippen LogP contribution in [0.5, 0.6) is 0 Å². The number of methoxy groups -OCH3 is 1. The van der Waals surface area contributed by atoms with Gasteiger partial charge in [0.2, 0.25) is 0 Å². The number of rotatable bonds is 5. The zero-order valence-corrected chi connectivity index (χ0v) is 13.8. The molecular formula is C18H22FN3O2. The Morgan fingerprint density at radius 3 is 2.71 bits per heavy atom. The predicted molar refractivity (Wildman–Crippen MR) is 88.0 cm³/mol. The highest BCUT2D eigenvalue weighted by Gasteiger charge is 2.22. The van der Waals surface area contributed by atoms with Crippen LogP contribution in [-0.4, -0.2) is 41.3 Å². The van der Waals surface area contributed by atoms with Gasteiger partial charge >= 0.3 is 5.97 Å². The van der Waals surface area contributed by atoms with E-state index in [-0.39, 0.29) is 11.8 Å². The summed E-state index contributed by atoms with van der Waals surface area (Å²) in [6.45, 7) is 2.67. The lowest BCUT2D eigenvalue weighted by Gasteiger charge is -2.31. The number of hydrogen-bond donors (Lipinski definition) is 1. The summed E-state index contributed by atoms with van der Waals surface area (Å²) in [5, 5.41) is 6.66. The van der Waals surface area contributed by atoms with Crippen molar-refractivity contribution < 1.29 is 13.9 Å². The second-order valence-electron chi connectivity index (χ2n) is 6.31. The quantitative estimate of drug-likeness (QED) is 0.856. The van der Waals surface area contributed by atoms with Crippen molar-refractivity contribution in [3.05, 3.63) is 53.1 Å². The van der Waals surface area contributed by atoms with Crippen molar-refractivity contribution in [3.8, 4) is 0 Å². The van der Waals surface area contributed by atoms with Gasteiger partial charge in [-0.25, -0.2) is 9.18 Å². The molecule has 0 amide bonds. The van der Waals surface area contributed by atoms with Crippen LogP contribution in [0.15, 0.2) is 30.5 Å². The Morgan fingerprint density at radius 1 is 1.33 bits per heavy atom. The molecule has 1 saturated heterocycles. The Bertz CT molecular complexity index is 676. The molecule has 5 nitrogen and oxygen atoms in total. The molecule has 1 aliphatic rings. The Balaban J connectivity index is 1.51. The van der Waals surface area contributed by atoms with E-state index in [4.69, 9.17) is 4.74 Å². The van der Waals surface area contributed by atoms with Crippen LogP contribution >= 0.6 is 0 Å². The smallest absolute Gasteiger partial charge is 0.356 e. The molecule has 1 aromatic heterocycles. The molecule has 0 aliphatic carbocycles. The molecule has 0 radical (unpaired) electrons. The van der Waals surface area contributed by atoms with Gasteiger partial charge in [0.05, 0.1) is 13.3 Å². The van der Waals surface area contributed by atoms with E-state index in [0.29, 0.717) is 18.2 Å². The van der Waals surface area contributed by atoms with Crippen molar-refractivity contribution in [3.63, 3.8) is 0 Å². The summed E-state index contributed by atoms with van der Waals surface area (Å²) in [5.74, 6) is 0.0555. The Morgan fingerprint density at radius 2 is 2.04 bits per heavy atom. The number of likely N-dealkylation sites (tertiary alicyclic amines) is 1. The lowest BCUT2D eigenvalue weighted by molar-refractivity contribution is 0.0591. The Kier molecular flexibility index (Phi) is 5.25. The van der Waals surface area contributed by atoms with E-state index in [9.17, 15) is 9.18 Å². The molecule has 2 heterocycles. The average Bonchev–Trinajstić information content (AvgIpc) is 3.06. The fraction of sp³-hybridized carbons (Fsp3) is 0.444. The number of piperidine rings is 1. The number of aromatic amines is 1. The van der Waals surface area contributed by atoms with E-state index in [0.717, 1.165) is 37.9 Å². The standard InChI is InChI=1S/C18H22FN3O2/c1-24-18(23)17-15(11-20-21-17)12-22-8-6-14(7-9-22)10-13-2-4-16(19)5-3-13/h2-5,11,14H,6-10,12H2,1H3,(H,20,21). The molecule has 3 rings (SSSR count). The molecule has 24 heavy (non-hydrogen) atoms. The van der Waals surface area contributed by atoms with E-state index >= 15 is 0 Å². The lowest BCUT2D eigenvalue weighted by Crippen LogP contribution is -2.34. The predicted octanol–water partition coefficient (Wildman–Crippen LogP) is 2.79. The minimum Gasteiger partial charge on any atom is -0.464 e. The zero-order valence-electron chi connectivity index (χ0n) is 13.8. The van der Waals surface area contributed by atoms with Crippen molar-refractivity contribution in [1.82, 2.24) is 15.1 Å². The number of H-pyrrole nitrogens is 1. The number of esters is 1. The fourth-order valence-corrected chi connectivity index (χ4v) is 3.25. The molecule has 1 N–H and O–H groups in total. The van der Waals surface area contributed by atoms with Gasteiger partial charge in [0.15, 0.2) is 0 Å². The molecule has 0 atom stereocenters. The van der Waals surface area contributed by atoms with Crippen molar-refractivity contribution in [1.29, 1.82) is 0 Å². The maximum atomic E-state index is 13.0. The SMILES string of the molecule is COC(=O)c1[nH]ncc1CN1CCC(Cc2ccc(F)cc2)CC1. The normalized spacial score (nSPS) is 16.2. The van der Waals surface area contributed by atoms with Crippen molar-refractivity contribution in [2.75, 3.05) is 20.2 Å². The number of aromatic nitrogens is 2.